The van der Waals surface area contributed by atoms with Crippen LogP contribution in [-0.4, -0.2) is 64.8 Å². The molecule has 0 aromatic rings. The van der Waals surface area contributed by atoms with Gasteiger partial charge in [-0.2, -0.15) is 0 Å². The first-order chi connectivity index (χ1) is 6.61. The minimum atomic E-state index is -1.39. The van der Waals surface area contributed by atoms with Gasteiger partial charge in [-0.3, -0.25) is 4.84 Å². The molecular weight excluding hydrogens is 194 g/mol. The van der Waals surface area contributed by atoms with Crippen LogP contribution in [0.2, 0.25) is 0 Å². The third kappa shape index (κ3) is 2.20. The van der Waals surface area contributed by atoms with Crippen LogP contribution in [0.3, 0.4) is 0 Å². The zero-order valence-corrected chi connectivity index (χ0v) is 7.70. The lowest BCUT2D eigenvalue weighted by atomic mass is 9.99. The molecule has 1 saturated heterocycles. The lowest BCUT2D eigenvalue weighted by Crippen LogP contribution is -2.60. The molecule has 0 spiro atoms. The molecule has 0 amide bonds. The van der Waals surface area contributed by atoms with Crippen molar-refractivity contribution < 1.29 is 30.0 Å². The first kappa shape index (κ1) is 11.8. The highest BCUT2D eigenvalue weighted by atomic mass is 16.7. The van der Waals surface area contributed by atoms with Crippen LogP contribution in [0.1, 0.15) is 0 Å². The average Bonchev–Trinajstić information content (AvgIpc) is 2.18. The smallest absolute Gasteiger partial charge is 0.186 e. The molecule has 5 atom stereocenters. The summed E-state index contributed by atoms with van der Waals surface area (Å²) in [5, 5.41) is 36.9. The summed E-state index contributed by atoms with van der Waals surface area (Å²) >= 11 is 0. The van der Waals surface area contributed by atoms with E-state index in [1.165, 1.54) is 7.05 Å². The van der Waals surface area contributed by atoms with Crippen LogP contribution in [0.15, 0.2) is 0 Å². The van der Waals surface area contributed by atoms with E-state index in [1.807, 2.05) is 0 Å². The van der Waals surface area contributed by atoms with Crippen LogP contribution in [0.5, 0.6) is 0 Å². The number of nitrogens with one attached hydrogen (secondary N) is 1. The van der Waals surface area contributed by atoms with E-state index in [1.54, 1.807) is 0 Å². The number of hydrogen-bond acceptors (Lipinski definition) is 7. The van der Waals surface area contributed by atoms with Crippen LogP contribution in [-0.2, 0) is 9.57 Å². The quantitative estimate of drug-likeness (QED) is 0.314. The SMILES string of the molecule is CNO[C@H]1C(O)OC(CO)[C@@H](O)[C@@H]1O. The second-order valence-electron chi connectivity index (χ2n) is 3.02. The third-order valence-electron chi connectivity index (χ3n) is 2.10. The summed E-state index contributed by atoms with van der Waals surface area (Å²) in [5.41, 5.74) is 2.28. The Morgan fingerprint density at radius 3 is 2.43 bits per heavy atom. The summed E-state index contributed by atoms with van der Waals surface area (Å²) in [6, 6.07) is 0. The lowest BCUT2D eigenvalue weighted by molar-refractivity contribution is -0.305. The summed E-state index contributed by atoms with van der Waals surface area (Å²) in [5.74, 6) is 0. The molecule has 84 valence electrons. The molecule has 1 aliphatic rings. The molecule has 0 radical (unpaired) electrons. The predicted molar refractivity (Wildman–Crippen MR) is 43.9 cm³/mol. The lowest BCUT2D eigenvalue weighted by Gasteiger charge is -2.39. The molecule has 0 aromatic carbocycles. The molecule has 1 aliphatic heterocycles. The second-order valence-corrected chi connectivity index (χ2v) is 3.02. The number of hydroxylamine groups is 1. The van der Waals surface area contributed by atoms with Gasteiger partial charge in [-0.25, -0.2) is 5.48 Å². The molecule has 0 bridgehead atoms. The van der Waals surface area contributed by atoms with E-state index in [-0.39, 0.29) is 0 Å². The minimum absolute atomic E-state index is 0.485. The van der Waals surface area contributed by atoms with Crippen molar-refractivity contribution in [1.82, 2.24) is 5.48 Å². The fourth-order valence-electron chi connectivity index (χ4n) is 1.33. The molecule has 5 N–H and O–H groups in total. The molecule has 1 rings (SSSR count). The normalized spacial score (nSPS) is 43.9. The molecule has 1 fully saturated rings. The summed E-state index contributed by atoms with van der Waals surface area (Å²) in [6.45, 7) is -0.485. The summed E-state index contributed by atoms with van der Waals surface area (Å²) in [6.07, 6.45) is -6.09. The van der Waals surface area contributed by atoms with E-state index in [0.29, 0.717) is 0 Å². The third-order valence-corrected chi connectivity index (χ3v) is 2.10. The Kier molecular flexibility index (Phi) is 4.20. The molecule has 0 saturated carbocycles. The van der Waals surface area contributed by atoms with Crippen molar-refractivity contribution in [2.45, 2.75) is 30.7 Å². The van der Waals surface area contributed by atoms with Gasteiger partial charge in [0.1, 0.15) is 18.3 Å². The molecule has 14 heavy (non-hydrogen) atoms. The molecule has 7 heteroatoms. The zero-order valence-electron chi connectivity index (χ0n) is 7.70. The standard InChI is InChI=1S/C7H15NO6/c1-8-14-6-5(11)4(10)3(2-9)13-7(6)12/h3-12H,2H2,1H3/t3?,4-,5+,6-,7?/m1/s1. The first-order valence-electron chi connectivity index (χ1n) is 4.24. The summed E-state index contributed by atoms with van der Waals surface area (Å²) in [7, 11) is 1.45. The maximum Gasteiger partial charge on any atom is 0.186 e. The van der Waals surface area contributed by atoms with Gasteiger partial charge in [-0.1, -0.05) is 0 Å². The van der Waals surface area contributed by atoms with Gasteiger partial charge < -0.3 is 25.2 Å². The number of aliphatic hydroxyl groups is 4. The Morgan fingerprint density at radius 2 is 1.93 bits per heavy atom. The molecule has 1 heterocycles. The molecule has 0 aliphatic carbocycles. The highest BCUT2D eigenvalue weighted by molar-refractivity contribution is 4.88. The van der Waals surface area contributed by atoms with Gasteiger partial charge >= 0.3 is 0 Å². The van der Waals surface area contributed by atoms with Gasteiger partial charge in [0.15, 0.2) is 12.4 Å². The van der Waals surface area contributed by atoms with E-state index in [9.17, 15) is 15.3 Å². The maximum atomic E-state index is 9.47. The Labute approximate surface area is 80.8 Å². The van der Waals surface area contributed by atoms with Gasteiger partial charge in [-0.15, -0.1) is 0 Å². The van der Waals surface area contributed by atoms with Crippen LogP contribution in [0.4, 0.5) is 0 Å². The van der Waals surface area contributed by atoms with E-state index < -0.39 is 37.3 Å². The topological polar surface area (TPSA) is 111 Å². The maximum absolute atomic E-state index is 9.47. The minimum Gasteiger partial charge on any atom is -0.394 e. The summed E-state index contributed by atoms with van der Waals surface area (Å²) < 4.78 is 4.81. The highest BCUT2D eigenvalue weighted by Crippen LogP contribution is 2.21. The van der Waals surface area contributed by atoms with Crippen LogP contribution in [0.25, 0.3) is 0 Å². The zero-order chi connectivity index (χ0) is 10.7. The predicted octanol–water partition coefficient (Wildman–Crippen LogP) is -3.06. The number of aliphatic hydroxyl groups excluding tert-OH is 4. The van der Waals surface area contributed by atoms with Crippen LogP contribution >= 0.6 is 0 Å². The van der Waals surface area contributed by atoms with Crippen molar-refractivity contribution in [3.05, 3.63) is 0 Å². The Morgan fingerprint density at radius 1 is 1.29 bits per heavy atom. The Balaban J connectivity index is 2.63. The second kappa shape index (κ2) is 4.99. The van der Waals surface area contributed by atoms with Gasteiger partial charge in [0.05, 0.1) is 6.61 Å². The molecular formula is C7H15NO6. The number of ether oxygens (including phenoxy) is 1. The van der Waals surface area contributed by atoms with Crippen molar-refractivity contribution in [1.29, 1.82) is 0 Å². The van der Waals surface area contributed by atoms with Crippen LogP contribution < -0.4 is 5.48 Å². The van der Waals surface area contributed by atoms with Crippen molar-refractivity contribution >= 4 is 0 Å². The van der Waals surface area contributed by atoms with E-state index in [0.717, 1.165) is 0 Å². The van der Waals surface area contributed by atoms with Gasteiger partial charge in [0, 0.05) is 7.05 Å². The van der Waals surface area contributed by atoms with Crippen LogP contribution in [0, 0.1) is 0 Å². The number of hydrogen-bond donors (Lipinski definition) is 5. The van der Waals surface area contributed by atoms with E-state index in [4.69, 9.17) is 14.7 Å². The highest BCUT2D eigenvalue weighted by Gasteiger charge is 2.44. The summed E-state index contributed by atoms with van der Waals surface area (Å²) in [4.78, 5) is 4.75. The largest absolute Gasteiger partial charge is 0.394 e. The Hall–Kier alpha value is -0.280. The monoisotopic (exact) mass is 209 g/mol. The average molecular weight is 209 g/mol. The van der Waals surface area contributed by atoms with Crippen molar-refractivity contribution in [2.24, 2.45) is 0 Å². The van der Waals surface area contributed by atoms with E-state index in [2.05, 4.69) is 5.48 Å². The fraction of sp³-hybridized carbons (Fsp3) is 1.00. The number of rotatable bonds is 3. The molecule has 0 aromatic heterocycles. The van der Waals surface area contributed by atoms with Gasteiger partial charge in [0.2, 0.25) is 0 Å². The fourth-order valence-corrected chi connectivity index (χ4v) is 1.33. The van der Waals surface area contributed by atoms with Gasteiger partial charge in [-0.05, 0) is 0 Å². The molecule has 7 nitrogen and oxygen atoms in total. The van der Waals surface area contributed by atoms with Crippen molar-refractivity contribution in [3.8, 4) is 0 Å². The van der Waals surface area contributed by atoms with Crippen molar-refractivity contribution in [2.75, 3.05) is 13.7 Å². The van der Waals surface area contributed by atoms with E-state index >= 15 is 0 Å². The van der Waals surface area contributed by atoms with Crippen molar-refractivity contribution in [3.63, 3.8) is 0 Å². The Bertz CT molecular complexity index is 180. The molecule has 2 unspecified atom stereocenters. The first-order valence-corrected chi connectivity index (χ1v) is 4.24. The van der Waals surface area contributed by atoms with Gasteiger partial charge in [0.25, 0.3) is 0 Å².